The Labute approximate surface area is 193 Å². The molecule has 4 heterocycles. The number of hydrogen-bond acceptors (Lipinski definition) is 8. The fourth-order valence-corrected chi connectivity index (χ4v) is 5.22. The van der Waals surface area contributed by atoms with Gasteiger partial charge in [0.1, 0.15) is 17.6 Å². The molecule has 2 fully saturated rings. The van der Waals surface area contributed by atoms with Crippen molar-refractivity contribution >= 4 is 16.7 Å². The van der Waals surface area contributed by atoms with Crippen molar-refractivity contribution in [1.82, 2.24) is 19.9 Å². The molecule has 2 aliphatic heterocycles. The molecule has 3 aromatic rings. The zero-order valence-corrected chi connectivity index (χ0v) is 18.8. The number of nitrogens with zero attached hydrogens (tertiary/aromatic N) is 5. The summed E-state index contributed by atoms with van der Waals surface area (Å²) in [7, 11) is 0. The van der Waals surface area contributed by atoms with Crippen molar-refractivity contribution < 1.29 is 14.2 Å². The van der Waals surface area contributed by atoms with Crippen LogP contribution in [0, 0.1) is 5.92 Å². The summed E-state index contributed by atoms with van der Waals surface area (Å²) in [5.41, 5.74) is 4.98. The van der Waals surface area contributed by atoms with Crippen molar-refractivity contribution in [2.45, 2.75) is 44.6 Å². The topological polar surface area (TPSA) is 82.5 Å². The maximum atomic E-state index is 6.56. The smallest absolute Gasteiger partial charge is 0.162 e. The Hall–Kier alpha value is -3.00. The first-order valence-electron chi connectivity index (χ1n) is 12.0. The second-order valence-corrected chi connectivity index (χ2v) is 9.13. The maximum Gasteiger partial charge on any atom is 0.162 e. The zero-order valence-electron chi connectivity index (χ0n) is 18.8. The first-order chi connectivity index (χ1) is 16.3. The van der Waals surface area contributed by atoms with Crippen LogP contribution >= 0.6 is 0 Å². The molecular formula is C25H29N5O3. The third kappa shape index (κ3) is 4.31. The minimum atomic E-state index is 0.193. The summed E-state index contributed by atoms with van der Waals surface area (Å²) in [6.45, 7) is 3.99. The molecule has 1 saturated carbocycles. The SMILES string of the molecule is c1nc2c(c(CC3CCC(Oc4cc(N5CCOCC5)cc5nccnc45)CC3)n1)OCC2. The Morgan fingerprint density at radius 2 is 1.79 bits per heavy atom. The Morgan fingerprint density at radius 3 is 2.67 bits per heavy atom. The van der Waals surface area contributed by atoms with Crippen LogP contribution in [0.25, 0.3) is 11.0 Å². The van der Waals surface area contributed by atoms with Gasteiger partial charge in [-0.25, -0.2) is 15.0 Å². The summed E-state index contributed by atoms with van der Waals surface area (Å²) in [5.74, 6) is 2.37. The van der Waals surface area contributed by atoms with Crippen molar-refractivity contribution in [1.29, 1.82) is 0 Å². The van der Waals surface area contributed by atoms with Crippen molar-refractivity contribution in [2.75, 3.05) is 37.8 Å². The molecule has 0 bridgehead atoms. The summed E-state index contributed by atoms with van der Waals surface area (Å²) in [4.78, 5) is 20.4. The van der Waals surface area contributed by atoms with Gasteiger partial charge in [-0.2, -0.15) is 0 Å². The Balaban J connectivity index is 1.15. The van der Waals surface area contributed by atoms with E-state index in [1.54, 1.807) is 18.7 Å². The lowest BCUT2D eigenvalue weighted by Crippen LogP contribution is -2.36. The van der Waals surface area contributed by atoms with Gasteiger partial charge in [0.05, 0.1) is 42.8 Å². The molecule has 0 radical (unpaired) electrons. The molecule has 0 amide bonds. The minimum Gasteiger partial charge on any atom is -0.489 e. The monoisotopic (exact) mass is 447 g/mol. The third-order valence-corrected chi connectivity index (χ3v) is 7.01. The van der Waals surface area contributed by atoms with E-state index in [1.165, 1.54) is 0 Å². The normalized spacial score (nSPS) is 22.7. The van der Waals surface area contributed by atoms with Crippen molar-refractivity contribution in [2.24, 2.45) is 5.92 Å². The number of morpholine rings is 1. The van der Waals surface area contributed by atoms with Crippen LogP contribution in [0.4, 0.5) is 5.69 Å². The summed E-state index contributed by atoms with van der Waals surface area (Å²) in [6, 6.07) is 4.25. The van der Waals surface area contributed by atoms with Crippen LogP contribution < -0.4 is 14.4 Å². The number of hydrogen-bond donors (Lipinski definition) is 0. The average Bonchev–Trinajstić information content (AvgIpc) is 3.36. The van der Waals surface area contributed by atoms with Crippen LogP contribution in [0.2, 0.25) is 0 Å². The standard InChI is InChI=1S/C25H29N5O3/c1-3-19(4-2-17(1)13-22-25-20(5-10-32-25)28-16-29-22)33-23-15-18(30-8-11-31-12-9-30)14-21-24(23)27-7-6-26-21/h6-7,14-17,19H,1-5,8-13H2. The number of fused-ring (bicyclic) bond motifs is 2. The van der Waals surface area contributed by atoms with Gasteiger partial charge in [-0.1, -0.05) is 0 Å². The molecule has 0 spiro atoms. The van der Waals surface area contributed by atoms with E-state index in [-0.39, 0.29) is 6.10 Å². The lowest BCUT2D eigenvalue weighted by atomic mass is 9.84. The third-order valence-electron chi connectivity index (χ3n) is 7.01. The first-order valence-corrected chi connectivity index (χ1v) is 12.0. The summed E-state index contributed by atoms with van der Waals surface area (Å²) in [6.07, 6.45) is 11.5. The first kappa shape index (κ1) is 20.6. The van der Waals surface area contributed by atoms with Gasteiger partial charge in [0.25, 0.3) is 0 Å². The van der Waals surface area contributed by atoms with E-state index >= 15 is 0 Å². The van der Waals surface area contributed by atoms with Crippen LogP contribution in [0.1, 0.15) is 37.1 Å². The van der Waals surface area contributed by atoms with E-state index in [2.05, 4.69) is 37.0 Å². The molecular weight excluding hydrogens is 418 g/mol. The number of anilines is 1. The largest absolute Gasteiger partial charge is 0.489 e. The molecule has 172 valence electrons. The molecule has 8 nitrogen and oxygen atoms in total. The highest BCUT2D eigenvalue weighted by atomic mass is 16.5. The quantitative estimate of drug-likeness (QED) is 0.589. The molecule has 1 aliphatic carbocycles. The summed E-state index contributed by atoms with van der Waals surface area (Å²) < 4.78 is 17.9. The minimum absolute atomic E-state index is 0.193. The Bertz CT molecular complexity index is 1130. The second-order valence-electron chi connectivity index (χ2n) is 9.13. The van der Waals surface area contributed by atoms with Gasteiger partial charge in [-0.3, -0.25) is 4.98 Å². The van der Waals surface area contributed by atoms with Crippen molar-refractivity contribution in [3.63, 3.8) is 0 Å². The van der Waals surface area contributed by atoms with E-state index < -0.39 is 0 Å². The van der Waals surface area contributed by atoms with Gasteiger partial charge < -0.3 is 19.1 Å². The van der Waals surface area contributed by atoms with Gasteiger partial charge in [-0.15, -0.1) is 0 Å². The molecule has 0 unspecified atom stereocenters. The van der Waals surface area contributed by atoms with Crippen LogP contribution in [-0.2, 0) is 17.6 Å². The fraction of sp³-hybridized carbons (Fsp3) is 0.520. The van der Waals surface area contributed by atoms with E-state index in [4.69, 9.17) is 14.2 Å². The molecule has 3 aliphatic rings. The molecule has 0 atom stereocenters. The van der Waals surface area contributed by atoms with Crippen molar-refractivity contribution in [3.05, 3.63) is 42.2 Å². The second kappa shape index (κ2) is 9.09. The van der Waals surface area contributed by atoms with Gasteiger partial charge in [0.2, 0.25) is 0 Å². The molecule has 8 heteroatoms. The fourth-order valence-electron chi connectivity index (χ4n) is 5.22. The Morgan fingerprint density at radius 1 is 0.939 bits per heavy atom. The van der Waals surface area contributed by atoms with Crippen LogP contribution in [0.3, 0.4) is 0 Å². The zero-order chi connectivity index (χ0) is 22.0. The van der Waals surface area contributed by atoms with Gasteiger partial charge in [0.15, 0.2) is 5.75 Å². The molecule has 2 aromatic heterocycles. The van der Waals surface area contributed by atoms with Gasteiger partial charge in [0, 0.05) is 43.7 Å². The van der Waals surface area contributed by atoms with Gasteiger partial charge in [-0.05, 0) is 44.1 Å². The highest BCUT2D eigenvalue weighted by molar-refractivity contribution is 5.85. The molecule has 6 rings (SSSR count). The van der Waals surface area contributed by atoms with Crippen LogP contribution in [0.15, 0.2) is 30.9 Å². The average molecular weight is 448 g/mol. The summed E-state index contributed by atoms with van der Waals surface area (Å²) in [5, 5.41) is 0. The van der Waals surface area contributed by atoms with E-state index in [9.17, 15) is 0 Å². The highest BCUT2D eigenvalue weighted by Crippen LogP contribution is 2.36. The number of rotatable bonds is 5. The predicted octanol–water partition coefficient (Wildman–Crippen LogP) is 3.37. The van der Waals surface area contributed by atoms with Crippen LogP contribution in [0.5, 0.6) is 11.5 Å². The van der Waals surface area contributed by atoms with E-state index in [0.29, 0.717) is 5.92 Å². The maximum absolute atomic E-state index is 6.56. The number of benzene rings is 1. The predicted molar refractivity (Wildman–Crippen MR) is 124 cm³/mol. The molecule has 1 aromatic carbocycles. The lowest BCUT2D eigenvalue weighted by molar-refractivity contribution is 0.122. The Kier molecular flexibility index (Phi) is 5.68. The lowest BCUT2D eigenvalue weighted by Gasteiger charge is -2.31. The van der Waals surface area contributed by atoms with Gasteiger partial charge >= 0.3 is 0 Å². The molecule has 1 saturated heterocycles. The number of aromatic nitrogens is 4. The molecule has 33 heavy (non-hydrogen) atoms. The van der Waals surface area contributed by atoms with E-state index in [1.807, 2.05) is 0 Å². The van der Waals surface area contributed by atoms with Crippen molar-refractivity contribution in [3.8, 4) is 11.5 Å². The molecule has 0 N–H and O–H groups in total. The highest BCUT2D eigenvalue weighted by Gasteiger charge is 2.27. The van der Waals surface area contributed by atoms with Crippen LogP contribution in [-0.4, -0.2) is 59.0 Å². The van der Waals surface area contributed by atoms with E-state index in [0.717, 1.165) is 111 Å². The number of ether oxygens (including phenoxy) is 3. The summed E-state index contributed by atoms with van der Waals surface area (Å²) >= 11 is 0.